The molecule has 1 aliphatic heterocycles. The summed E-state index contributed by atoms with van der Waals surface area (Å²) in [5.41, 5.74) is 0. The molecule has 2 aliphatic carbocycles. The molecule has 5 unspecified atom stereocenters. The molecule has 2 saturated carbocycles. The third-order valence-corrected chi connectivity index (χ3v) is 5.69. The van der Waals surface area contributed by atoms with Gasteiger partial charge in [0.2, 0.25) is 0 Å². The van der Waals surface area contributed by atoms with Crippen molar-refractivity contribution in [1.82, 2.24) is 0 Å². The fourth-order valence-electron chi connectivity index (χ4n) is 3.97. The molecule has 3 fully saturated rings. The number of ether oxygens (including phenoxy) is 3. The molecule has 0 N–H and O–H groups in total. The van der Waals surface area contributed by atoms with Crippen LogP contribution in [-0.4, -0.2) is 52.3 Å². The summed E-state index contributed by atoms with van der Waals surface area (Å²) in [6.07, 6.45) is -0.928. The molecule has 3 rings (SSSR count). The number of rotatable bonds is 6. The number of carbonyl (C=O) groups excluding carboxylic acids is 3. The summed E-state index contributed by atoms with van der Waals surface area (Å²) in [5.74, 6) is -3.86. The second-order valence-corrected chi connectivity index (χ2v) is 7.47. The highest BCUT2D eigenvalue weighted by Gasteiger charge is 2.70. The van der Waals surface area contributed by atoms with E-state index < -0.39 is 64.6 Å². The van der Waals surface area contributed by atoms with Crippen LogP contribution in [0.4, 0.5) is 0 Å². The lowest BCUT2D eigenvalue weighted by Gasteiger charge is -2.29. The second-order valence-electron chi connectivity index (χ2n) is 5.92. The Balaban J connectivity index is 1.71. The van der Waals surface area contributed by atoms with Crippen LogP contribution < -0.4 is 0 Å². The predicted molar refractivity (Wildman–Crippen MR) is 75.4 cm³/mol. The van der Waals surface area contributed by atoms with E-state index in [0.29, 0.717) is 11.8 Å². The van der Waals surface area contributed by atoms with Crippen molar-refractivity contribution in [2.75, 3.05) is 13.7 Å². The van der Waals surface area contributed by atoms with Gasteiger partial charge in [-0.1, -0.05) is 6.58 Å². The first-order valence-electron chi connectivity index (χ1n) is 7.28. The van der Waals surface area contributed by atoms with Crippen LogP contribution in [0, 0.1) is 23.7 Å². The van der Waals surface area contributed by atoms with E-state index in [1.165, 1.54) is 7.11 Å². The Morgan fingerprint density at radius 3 is 2.71 bits per heavy atom. The third-order valence-electron chi connectivity index (χ3n) is 4.83. The molecule has 6 atom stereocenters. The van der Waals surface area contributed by atoms with Gasteiger partial charge in [-0.25, -0.2) is 4.79 Å². The smallest absolute Gasteiger partial charge is 0.334 e. The van der Waals surface area contributed by atoms with Gasteiger partial charge in [0.25, 0.3) is 10.1 Å². The van der Waals surface area contributed by atoms with Crippen molar-refractivity contribution in [3.05, 3.63) is 12.0 Å². The second kappa shape index (κ2) is 5.85. The minimum absolute atomic E-state index is 0.206. The van der Waals surface area contributed by atoms with Gasteiger partial charge in [0.05, 0.1) is 24.4 Å². The maximum Gasteiger partial charge on any atom is 0.334 e. The van der Waals surface area contributed by atoms with Crippen LogP contribution >= 0.6 is 0 Å². The zero-order valence-corrected chi connectivity index (χ0v) is 13.6. The lowest BCUT2D eigenvalue weighted by Crippen LogP contribution is -2.44. The largest absolute Gasteiger partial charge is 0.469 e. The van der Waals surface area contributed by atoms with E-state index in [4.69, 9.17) is 14.2 Å². The molecule has 24 heavy (non-hydrogen) atoms. The van der Waals surface area contributed by atoms with E-state index in [1.807, 2.05) is 0 Å². The summed E-state index contributed by atoms with van der Waals surface area (Å²) < 4.78 is 41.9. The molecule has 10 heteroatoms. The lowest BCUT2D eigenvalue weighted by atomic mass is 9.78. The van der Waals surface area contributed by atoms with Gasteiger partial charge in [-0.15, -0.1) is 0 Å². The van der Waals surface area contributed by atoms with E-state index >= 15 is 0 Å². The van der Waals surface area contributed by atoms with Gasteiger partial charge in [0.15, 0.2) is 6.61 Å². The number of methoxy groups -OCH3 is 1. The molecule has 0 aromatic rings. The molecule has 1 saturated heterocycles. The summed E-state index contributed by atoms with van der Waals surface area (Å²) in [5, 5.41) is 0.564. The molecule has 0 aromatic heterocycles. The Labute approximate surface area is 138 Å². The first kappa shape index (κ1) is 16.9. The molecule has 0 spiro atoms. The average molecular weight is 360 g/mol. The topological polar surface area (TPSA) is 122 Å². The zero-order chi connectivity index (χ0) is 17.6. The predicted octanol–water partition coefficient (Wildman–Crippen LogP) is -0.631. The first-order chi connectivity index (χ1) is 11.3. The van der Waals surface area contributed by atoms with E-state index in [1.54, 1.807) is 0 Å². The maximum absolute atomic E-state index is 12.0. The van der Waals surface area contributed by atoms with Crippen LogP contribution in [-0.2, 0) is 42.9 Å². The maximum atomic E-state index is 12.0. The van der Waals surface area contributed by atoms with Crippen LogP contribution in [0.3, 0.4) is 0 Å². The number of esters is 3. The summed E-state index contributed by atoms with van der Waals surface area (Å²) in [6, 6.07) is 0. The van der Waals surface area contributed by atoms with Crippen LogP contribution in [0.15, 0.2) is 12.0 Å². The van der Waals surface area contributed by atoms with Gasteiger partial charge in [0, 0.05) is 11.8 Å². The highest BCUT2D eigenvalue weighted by atomic mass is 32.2. The number of hydrogen-bond acceptors (Lipinski definition) is 9. The SMILES string of the molecule is C=CS(=O)(=O)OCC(=O)OC1C2OC(=O)C3C2C[C@H]1C3C(=O)OC. The quantitative estimate of drug-likeness (QED) is 0.346. The van der Waals surface area contributed by atoms with Gasteiger partial charge >= 0.3 is 17.9 Å². The van der Waals surface area contributed by atoms with Crippen molar-refractivity contribution in [3.8, 4) is 0 Å². The van der Waals surface area contributed by atoms with Crippen molar-refractivity contribution in [3.63, 3.8) is 0 Å². The lowest BCUT2D eigenvalue weighted by molar-refractivity contribution is -0.166. The summed E-state index contributed by atoms with van der Waals surface area (Å²) in [6.45, 7) is 2.22. The first-order valence-corrected chi connectivity index (χ1v) is 8.76. The molecule has 3 aliphatic rings. The van der Waals surface area contributed by atoms with Crippen molar-refractivity contribution in [1.29, 1.82) is 0 Å². The Kier molecular flexibility index (Phi) is 4.12. The highest BCUT2D eigenvalue weighted by molar-refractivity contribution is 7.89. The minimum atomic E-state index is -4.00. The Hall–Kier alpha value is -1.94. The zero-order valence-electron chi connectivity index (χ0n) is 12.7. The summed E-state index contributed by atoms with van der Waals surface area (Å²) >= 11 is 0. The molecule has 0 aromatic carbocycles. The van der Waals surface area contributed by atoms with Crippen molar-refractivity contribution in [2.24, 2.45) is 23.7 Å². The molecule has 1 heterocycles. The van der Waals surface area contributed by atoms with Crippen molar-refractivity contribution in [2.45, 2.75) is 18.6 Å². The van der Waals surface area contributed by atoms with E-state index in [-0.39, 0.29) is 5.92 Å². The third kappa shape index (κ3) is 2.59. The average Bonchev–Trinajstić information content (AvgIpc) is 3.15. The Morgan fingerprint density at radius 2 is 2.08 bits per heavy atom. The minimum Gasteiger partial charge on any atom is -0.469 e. The van der Waals surface area contributed by atoms with E-state index in [0.717, 1.165) is 0 Å². The van der Waals surface area contributed by atoms with Gasteiger partial charge in [0.1, 0.15) is 12.2 Å². The number of hydrogen-bond donors (Lipinski definition) is 0. The standard InChI is InChI=1S/C14H16O9S/c1-3-24(18,19)21-5-8(15)22-11-6-4-7-10(9(6)13(16)20-2)14(17)23-12(7)11/h3,6-7,9-12H,1,4-5H2,2H3/t6-,7?,9?,10?,11?,12?/m0/s1. The van der Waals surface area contributed by atoms with Crippen LogP contribution in [0.1, 0.15) is 6.42 Å². The highest BCUT2D eigenvalue weighted by Crippen LogP contribution is 2.58. The fraction of sp³-hybridized carbons (Fsp3) is 0.643. The fourth-order valence-corrected chi connectivity index (χ4v) is 4.33. The molecule has 0 amide bonds. The monoisotopic (exact) mass is 360 g/mol. The molecule has 0 radical (unpaired) electrons. The van der Waals surface area contributed by atoms with E-state index in [2.05, 4.69) is 10.8 Å². The van der Waals surface area contributed by atoms with Gasteiger partial charge in [-0.2, -0.15) is 8.42 Å². The van der Waals surface area contributed by atoms with Gasteiger partial charge < -0.3 is 14.2 Å². The van der Waals surface area contributed by atoms with Crippen LogP contribution in [0.25, 0.3) is 0 Å². The molecular formula is C14H16O9S. The molecular weight excluding hydrogens is 344 g/mol. The molecule has 9 nitrogen and oxygen atoms in total. The number of carbonyl (C=O) groups is 3. The normalized spacial score (nSPS) is 36.3. The van der Waals surface area contributed by atoms with Crippen molar-refractivity contribution >= 4 is 28.0 Å². The van der Waals surface area contributed by atoms with Gasteiger partial charge in [-0.05, 0) is 6.42 Å². The van der Waals surface area contributed by atoms with Crippen LogP contribution in [0.5, 0.6) is 0 Å². The molecule has 132 valence electrons. The van der Waals surface area contributed by atoms with Crippen LogP contribution in [0.2, 0.25) is 0 Å². The Morgan fingerprint density at radius 1 is 1.38 bits per heavy atom. The number of fused-ring (bicyclic) bond motifs is 1. The van der Waals surface area contributed by atoms with E-state index in [9.17, 15) is 22.8 Å². The summed E-state index contributed by atoms with van der Waals surface area (Å²) in [4.78, 5) is 35.8. The Bertz CT molecular complexity index is 697. The van der Waals surface area contributed by atoms with Crippen molar-refractivity contribution < 1.29 is 41.2 Å². The molecule has 2 bridgehead atoms. The van der Waals surface area contributed by atoms with Gasteiger partial charge in [-0.3, -0.25) is 13.8 Å². The summed E-state index contributed by atoms with van der Waals surface area (Å²) in [7, 11) is -2.78.